The van der Waals surface area contributed by atoms with Crippen LogP contribution in [0.5, 0.6) is 17.2 Å². The van der Waals surface area contributed by atoms with Crippen molar-refractivity contribution >= 4 is 11.6 Å². The van der Waals surface area contributed by atoms with Crippen LogP contribution in [0.25, 0.3) is 0 Å². The molecule has 2 rings (SSSR count). The molecule has 0 fully saturated rings. The Morgan fingerprint density at radius 3 is 2.65 bits per heavy atom. The topological polar surface area (TPSA) is 62.5 Å². The average Bonchev–Trinajstić information content (AvgIpc) is 2.48. The van der Waals surface area contributed by atoms with Gasteiger partial charge in [0.05, 0.1) is 18.7 Å². The van der Waals surface area contributed by atoms with Crippen LogP contribution in [-0.4, -0.2) is 12.2 Å². The van der Waals surface area contributed by atoms with Crippen LogP contribution in [-0.2, 0) is 6.61 Å². The van der Waals surface area contributed by atoms with Crippen molar-refractivity contribution in [1.82, 2.24) is 0 Å². The number of nitrogens with zero attached hydrogens (tertiary/aromatic N) is 1. The number of halogens is 1. The molecule has 0 spiro atoms. The predicted octanol–water partition coefficient (Wildman–Crippen LogP) is 3.50. The molecule has 0 unspecified atom stereocenters. The van der Waals surface area contributed by atoms with E-state index in [1.54, 1.807) is 36.4 Å². The van der Waals surface area contributed by atoms with E-state index >= 15 is 0 Å². The van der Waals surface area contributed by atoms with Crippen molar-refractivity contribution in [2.45, 2.75) is 6.61 Å². The second-order valence-electron chi connectivity index (χ2n) is 3.97. The number of hydrogen-bond donors (Lipinski definition) is 1. The highest BCUT2D eigenvalue weighted by Crippen LogP contribution is 2.35. The Hall–Kier alpha value is -2.22. The van der Waals surface area contributed by atoms with Gasteiger partial charge in [0.1, 0.15) is 17.4 Å². The van der Waals surface area contributed by atoms with Crippen molar-refractivity contribution in [1.29, 1.82) is 5.26 Å². The second kappa shape index (κ2) is 6.29. The maximum absolute atomic E-state index is 9.11. The standard InChI is InChI=1S/C15H12ClNO3/c1-19-15-7-10(9-18)5-6-14(15)20-13-4-2-3-12(16)11(13)8-17/h2-7,18H,9H2,1H3. The van der Waals surface area contributed by atoms with Crippen LogP contribution in [0.4, 0.5) is 0 Å². The number of aliphatic hydroxyl groups is 1. The van der Waals surface area contributed by atoms with Crippen LogP contribution >= 0.6 is 11.6 Å². The third-order valence-corrected chi connectivity index (χ3v) is 3.03. The monoisotopic (exact) mass is 289 g/mol. The van der Waals surface area contributed by atoms with Crippen LogP contribution in [0.1, 0.15) is 11.1 Å². The molecule has 5 heteroatoms. The zero-order valence-electron chi connectivity index (χ0n) is 10.8. The first-order valence-electron chi connectivity index (χ1n) is 5.84. The zero-order valence-corrected chi connectivity index (χ0v) is 11.5. The lowest BCUT2D eigenvalue weighted by Crippen LogP contribution is -1.94. The van der Waals surface area contributed by atoms with Gasteiger partial charge in [-0.05, 0) is 29.8 Å². The van der Waals surface area contributed by atoms with Gasteiger partial charge in [0.15, 0.2) is 11.5 Å². The van der Waals surface area contributed by atoms with E-state index in [1.807, 2.05) is 6.07 Å². The third kappa shape index (κ3) is 2.85. The van der Waals surface area contributed by atoms with E-state index in [-0.39, 0.29) is 12.2 Å². The molecule has 0 aromatic heterocycles. The van der Waals surface area contributed by atoms with E-state index in [9.17, 15) is 0 Å². The van der Waals surface area contributed by atoms with Gasteiger partial charge in [0, 0.05) is 0 Å². The minimum absolute atomic E-state index is 0.0861. The molecule has 2 aromatic carbocycles. The fraction of sp³-hybridized carbons (Fsp3) is 0.133. The predicted molar refractivity (Wildman–Crippen MR) is 75.2 cm³/mol. The normalized spacial score (nSPS) is 9.90. The minimum Gasteiger partial charge on any atom is -0.493 e. The molecule has 2 aromatic rings. The molecular formula is C15H12ClNO3. The summed E-state index contributed by atoms with van der Waals surface area (Å²) in [6, 6.07) is 12.1. The summed E-state index contributed by atoms with van der Waals surface area (Å²) in [7, 11) is 1.51. The Morgan fingerprint density at radius 2 is 2.00 bits per heavy atom. The highest BCUT2D eigenvalue weighted by Gasteiger charge is 2.12. The molecule has 0 aliphatic heterocycles. The molecule has 4 nitrogen and oxygen atoms in total. The SMILES string of the molecule is COc1cc(CO)ccc1Oc1cccc(Cl)c1C#N. The highest BCUT2D eigenvalue weighted by molar-refractivity contribution is 6.31. The Morgan fingerprint density at radius 1 is 1.20 bits per heavy atom. The van der Waals surface area contributed by atoms with Crippen molar-refractivity contribution < 1.29 is 14.6 Å². The lowest BCUT2D eigenvalue weighted by atomic mass is 10.2. The number of rotatable bonds is 4. The maximum atomic E-state index is 9.11. The van der Waals surface area contributed by atoms with Crippen LogP contribution in [0.15, 0.2) is 36.4 Å². The van der Waals surface area contributed by atoms with Crippen LogP contribution in [0.2, 0.25) is 5.02 Å². The first kappa shape index (κ1) is 14.2. The van der Waals surface area contributed by atoms with Gasteiger partial charge >= 0.3 is 0 Å². The zero-order chi connectivity index (χ0) is 14.5. The Balaban J connectivity index is 2.40. The summed E-state index contributed by atoms with van der Waals surface area (Å²) >= 11 is 5.95. The molecular weight excluding hydrogens is 278 g/mol. The summed E-state index contributed by atoms with van der Waals surface area (Å²) in [6.45, 7) is -0.0861. The first-order chi connectivity index (χ1) is 9.69. The third-order valence-electron chi connectivity index (χ3n) is 2.72. The Bertz CT molecular complexity index is 665. The van der Waals surface area contributed by atoms with Gasteiger partial charge in [-0.3, -0.25) is 0 Å². The summed E-state index contributed by atoms with van der Waals surface area (Å²) in [5.41, 5.74) is 0.975. The summed E-state index contributed by atoms with van der Waals surface area (Å²) < 4.78 is 10.9. The first-order valence-corrected chi connectivity index (χ1v) is 6.21. The molecule has 0 bridgehead atoms. The van der Waals surface area contributed by atoms with E-state index in [2.05, 4.69) is 0 Å². The Kier molecular flexibility index (Phi) is 4.46. The van der Waals surface area contributed by atoms with E-state index in [4.69, 9.17) is 31.4 Å². The van der Waals surface area contributed by atoms with Crippen molar-refractivity contribution in [2.75, 3.05) is 7.11 Å². The number of hydrogen-bond acceptors (Lipinski definition) is 4. The van der Waals surface area contributed by atoms with Crippen molar-refractivity contribution in [3.63, 3.8) is 0 Å². The van der Waals surface area contributed by atoms with Crippen LogP contribution in [0, 0.1) is 11.3 Å². The quantitative estimate of drug-likeness (QED) is 0.935. The molecule has 0 heterocycles. The number of ether oxygens (including phenoxy) is 2. The van der Waals surface area contributed by atoms with Gasteiger partial charge < -0.3 is 14.6 Å². The molecule has 0 amide bonds. The van der Waals surface area contributed by atoms with E-state index in [0.29, 0.717) is 27.8 Å². The van der Waals surface area contributed by atoms with Crippen molar-refractivity contribution in [2.24, 2.45) is 0 Å². The summed E-state index contributed by atoms with van der Waals surface area (Å²) in [5.74, 6) is 1.28. The number of aliphatic hydroxyl groups excluding tert-OH is 1. The van der Waals surface area contributed by atoms with Crippen LogP contribution < -0.4 is 9.47 Å². The van der Waals surface area contributed by atoms with E-state index in [0.717, 1.165) is 0 Å². The molecule has 0 aliphatic carbocycles. The number of benzene rings is 2. The van der Waals surface area contributed by atoms with Crippen LogP contribution in [0.3, 0.4) is 0 Å². The lowest BCUT2D eigenvalue weighted by Gasteiger charge is -2.12. The molecule has 0 atom stereocenters. The molecule has 0 aliphatic rings. The second-order valence-corrected chi connectivity index (χ2v) is 4.38. The summed E-state index contributed by atoms with van der Waals surface area (Å²) in [4.78, 5) is 0. The molecule has 102 valence electrons. The van der Waals surface area contributed by atoms with E-state index in [1.165, 1.54) is 7.11 Å². The van der Waals surface area contributed by atoms with Crippen molar-refractivity contribution in [3.8, 4) is 23.3 Å². The van der Waals surface area contributed by atoms with Crippen molar-refractivity contribution in [3.05, 3.63) is 52.5 Å². The van der Waals surface area contributed by atoms with Gasteiger partial charge in [0.25, 0.3) is 0 Å². The van der Waals surface area contributed by atoms with Gasteiger partial charge in [-0.25, -0.2) is 0 Å². The average molecular weight is 290 g/mol. The van der Waals surface area contributed by atoms with E-state index < -0.39 is 0 Å². The highest BCUT2D eigenvalue weighted by atomic mass is 35.5. The molecule has 0 saturated carbocycles. The molecule has 0 radical (unpaired) electrons. The fourth-order valence-electron chi connectivity index (χ4n) is 1.71. The number of nitriles is 1. The summed E-state index contributed by atoms with van der Waals surface area (Å²) in [5, 5.41) is 18.5. The molecule has 1 N–H and O–H groups in total. The van der Waals surface area contributed by atoms with Gasteiger partial charge in [-0.1, -0.05) is 23.7 Å². The van der Waals surface area contributed by atoms with Gasteiger partial charge in [0.2, 0.25) is 0 Å². The minimum atomic E-state index is -0.0861. The largest absolute Gasteiger partial charge is 0.493 e. The molecule has 20 heavy (non-hydrogen) atoms. The van der Waals surface area contributed by atoms with Gasteiger partial charge in [-0.15, -0.1) is 0 Å². The van der Waals surface area contributed by atoms with Gasteiger partial charge in [-0.2, -0.15) is 5.26 Å². The smallest absolute Gasteiger partial charge is 0.169 e. The fourth-order valence-corrected chi connectivity index (χ4v) is 1.92. The number of methoxy groups -OCH3 is 1. The maximum Gasteiger partial charge on any atom is 0.169 e. The molecule has 0 saturated heterocycles. The summed E-state index contributed by atoms with van der Waals surface area (Å²) in [6.07, 6.45) is 0. The Labute approximate surface area is 121 Å². The lowest BCUT2D eigenvalue weighted by molar-refractivity contribution is 0.280.